The third-order valence-electron chi connectivity index (χ3n) is 4.46. The van der Waals surface area contributed by atoms with Crippen LogP contribution in [0.1, 0.15) is 31.2 Å². The topological polar surface area (TPSA) is 44.4 Å². The third-order valence-corrected chi connectivity index (χ3v) is 4.46. The Kier molecular flexibility index (Phi) is 3.92. The second kappa shape index (κ2) is 5.83. The van der Waals surface area contributed by atoms with Crippen LogP contribution in [-0.2, 0) is 11.2 Å². The number of fused-ring (bicyclic) bond motifs is 1. The summed E-state index contributed by atoms with van der Waals surface area (Å²) in [4.78, 5) is 13.8. The Morgan fingerprint density at radius 2 is 2.25 bits per heavy atom. The molecule has 2 N–H and O–H groups in total. The van der Waals surface area contributed by atoms with Crippen molar-refractivity contribution in [1.29, 1.82) is 0 Å². The highest BCUT2D eigenvalue weighted by Crippen LogP contribution is 2.26. The summed E-state index contributed by atoms with van der Waals surface area (Å²) in [6.07, 6.45) is 5.39. The van der Waals surface area contributed by atoms with E-state index in [0.29, 0.717) is 12.5 Å². The van der Waals surface area contributed by atoms with Crippen molar-refractivity contribution in [3.8, 4) is 0 Å². The number of hydrogen-bond donors (Lipinski definition) is 2. The second-order valence-electron chi connectivity index (χ2n) is 5.93. The lowest BCUT2D eigenvalue weighted by Crippen LogP contribution is -2.40. The summed E-state index contributed by atoms with van der Waals surface area (Å²) in [6, 6.07) is 6.89. The highest BCUT2D eigenvalue weighted by atomic mass is 16.1. The van der Waals surface area contributed by atoms with E-state index in [-0.39, 0.29) is 5.91 Å². The number of carbonyl (C=O) groups excluding carboxylic acids is 1. The SMILES string of the molecule is CN1CCCCC1CNc1ccc2c(c1)CCC(=O)N2. The van der Waals surface area contributed by atoms with Gasteiger partial charge in [-0.05, 0) is 56.6 Å². The fraction of sp³-hybridized carbons (Fsp3) is 0.562. The van der Waals surface area contributed by atoms with Gasteiger partial charge >= 0.3 is 0 Å². The number of nitrogens with zero attached hydrogens (tertiary/aromatic N) is 1. The van der Waals surface area contributed by atoms with Gasteiger partial charge in [0, 0.05) is 30.4 Å². The molecule has 4 heteroatoms. The average Bonchev–Trinajstić information content (AvgIpc) is 2.46. The summed E-state index contributed by atoms with van der Waals surface area (Å²) in [5.41, 5.74) is 3.38. The molecule has 2 heterocycles. The molecule has 1 aromatic carbocycles. The fourth-order valence-corrected chi connectivity index (χ4v) is 3.13. The monoisotopic (exact) mass is 273 g/mol. The van der Waals surface area contributed by atoms with Crippen LogP contribution in [0.3, 0.4) is 0 Å². The summed E-state index contributed by atoms with van der Waals surface area (Å²) in [6.45, 7) is 2.21. The van der Waals surface area contributed by atoms with E-state index in [1.165, 1.54) is 37.1 Å². The highest BCUT2D eigenvalue weighted by molar-refractivity contribution is 5.94. The lowest BCUT2D eigenvalue weighted by Gasteiger charge is -2.32. The van der Waals surface area contributed by atoms with Crippen molar-refractivity contribution in [3.63, 3.8) is 0 Å². The number of nitrogens with one attached hydrogen (secondary N) is 2. The number of anilines is 2. The number of aryl methyl sites for hydroxylation is 1. The maximum absolute atomic E-state index is 11.3. The smallest absolute Gasteiger partial charge is 0.224 e. The zero-order chi connectivity index (χ0) is 13.9. The number of likely N-dealkylation sites (N-methyl/N-ethyl adjacent to an activating group) is 1. The number of rotatable bonds is 3. The molecule has 0 bridgehead atoms. The zero-order valence-electron chi connectivity index (χ0n) is 12.1. The van der Waals surface area contributed by atoms with Crippen LogP contribution in [0, 0.1) is 0 Å². The largest absolute Gasteiger partial charge is 0.383 e. The first-order valence-corrected chi connectivity index (χ1v) is 7.59. The van der Waals surface area contributed by atoms with Crippen molar-refractivity contribution in [3.05, 3.63) is 23.8 Å². The number of amides is 1. The van der Waals surface area contributed by atoms with Crippen LogP contribution in [0.4, 0.5) is 11.4 Å². The first kappa shape index (κ1) is 13.4. The standard InChI is InChI=1S/C16H23N3O/c1-19-9-3-2-4-14(19)11-17-13-6-7-15-12(10-13)5-8-16(20)18-15/h6-7,10,14,17H,2-5,8-9,11H2,1H3,(H,18,20). The van der Waals surface area contributed by atoms with E-state index in [1.54, 1.807) is 0 Å². The Morgan fingerprint density at radius 3 is 3.10 bits per heavy atom. The average molecular weight is 273 g/mol. The van der Waals surface area contributed by atoms with Crippen LogP contribution >= 0.6 is 0 Å². The van der Waals surface area contributed by atoms with Gasteiger partial charge in [-0.15, -0.1) is 0 Å². The number of hydrogen-bond acceptors (Lipinski definition) is 3. The molecule has 0 radical (unpaired) electrons. The van der Waals surface area contributed by atoms with Gasteiger partial charge in [-0.25, -0.2) is 0 Å². The van der Waals surface area contributed by atoms with E-state index in [1.807, 2.05) is 6.07 Å². The molecular weight excluding hydrogens is 250 g/mol. The first-order chi connectivity index (χ1) is 9.72. The number of benzene rings is 1. The Morgan fingerprint density at radius 1 is 1.35 bits per heavy atom. The van der Waals surface area contributed by atoms with Gasteiger partial charge < -0.3 is 15.5 Å². The molecule has 4 nitrogen and oxygen atoms in total. The van der Waals surface area contributed by atoms with Crippen LogP contribution in [0.15, 0.2) is 18.2 Å². The minimum atomic E-state index is 0.127. The molecule has 2 aliphatic rings. The van der Waals surface area contributed by atoms with E-state index < -0.39 is 0 Å². The predicted octanol–water partition coefficient (Wildman–Crippen LogP) is 2.47. The molecule has 3 rings (SSSR count). The highest BCUT2D eigenvalue weighted by Gasteiger charge is 2.19. The second-order valence-corrected chi connectivity index (χ2v) is 5.93. The minimum absolute atomic E-state index is 0.127. The van der Waals surface area contributed by atoms with E-state index in [0.717, 1.165) is 18.7 Å². The first-order valence-electron chi connectivity index (χ1n) is 7.59. The van der Waals surface area contributed by atoms with Gasteiger partial charge in [-0.1, -0.05) is 6.42 Å². The number of carbonyl (C=O) groups is 1. The molecule has 0 aliphatic carbocycles. The van der Waals surface area contributed by atoms with Crippen molar-refractivity contribution in [2.24, 2.45) is 0 Å². The quantitative estimate of drug-likeness (QED) is 0.889. The predicted molar refractivity (Wildman–Crippen MR) is 82.2 cm³/mol. The van der Waals surface area contributed by atoms with Crippen LogP contribution in [-0.4, -0.2) is 37.0 Å². The molecule has 0 spiro atoms. The number of likely N-dealkylation sites (tertiary alicyclic amines) is 1. The summed E-state index contributed by atoms with van der Waals surface area (Å²) in [5, 5.41) is 6.48. The summed E-state index contributed by atoms with van der Waals surface area (Å²) in [7, 11) is 2.22. The Balaban J connectivity index is 1.62. The van der Waals surface area contributed by atoms with Gasteiger partial charge in [-0.3, -0.25) is 4.79 Å². The maximum atomic E-state index is 11.3. The van der Waals surface area contributed by atoms with Gasteiger partial charge in [-0.2, -0.15) is 0 Å². The molecule has 1 saturated heterocycles. The molecule has 1 fully saturated rings. The van der Waals surface area contributed by atoms with Crippen molar-refractivity contribution in [2.75, 3.05) is 30.8 Å². The lowest BCUT2D eigenvalue weighted by atomic mass is 10.0. The van der Waals surface area contributed by atoms with Crippen molar-refractivity contribution >= 4 is 17.3 Å². The van der Waals surface area contributed by atoms with Crippen LogP contribution in [0.5, 0.6) is 0 Å². The van der Waals surface area contributed by atoms with Crippen LogP contribution in [0.25, 0.3) is 0 Å². The van der Waals surface area contributed by atoms with Crippen molar-refractivity contribution < 1.29 is 4.79 Å². The lowest BCUT2D eigenvalue weighted by molar-refractivity contribution is -0.116. The Hall–Kier alpha value is -1.55. The normalized spacial score (nSPS) is 23.1. The molecule has 2 aliphatic heterocycles. The molecule has 20 heavy (non-hydrogen) atoms. The van der Waals surface area contributed by atoms with Crippen LogP contribution < -0.4 is 10.6 Å². The summed E-state index contributed by atoms with van der Waals surface area (Å²) in [5.74, 6) is 0.127. The molecule has 0 aromatic heterocycles. The van der Waals surface area contributed by atoms with Gasteiger partial charge in [0.25, 0.3) is 0 Å². The van der Waals surface area contributed by atoms with Gasteiger partial charge in [0.1, 0.15) is 0 Å². The molecule has 1 amide bonds. The van der Waals surface area contributed by atoms with Gasteiger partial charge in [0.05, 0.1) is 0 Å². The van der Waals surface area contributed by atoms with Crippen molar-refractivity contribution in [1.82, 2.24) is 4.90 Å². The van der Waals surface area contributed by atoms with Gasteiger partial charge in [0.15, 0.2) is 0 Å². The maximum Gasteiger partial charge on any atom is 0.224 e. The molecule has 1 aromatic rings. The molecular formula is C16H23N3O. The third kappa shape index (κ3) is 2.96. The van der Waals surface area contributed by atoms with E-state index in [9.17, 15) is 4.79 Å². The van der Waals surface area contributed by atoms with E-state index in [2.05, 4.69) is 34.7 Å². The summed E-state index contributed by atoms with van der Waals surface area (Å²) < 4.78 is 0. The molecule has 0 saturated carbocycles. The van der Waals surface area contributed by atoms with Gasteiger partial charge in [0.2, 0.25) is 5.91 Å². The Bertz CT molecular complexity index is 500. The number of piperidine rings is 1. The Labute approximate surface area is 120 Å². The van der Waals surface area contributed by atoms with E-state index >= 15 is 0 Å². The van der Waals surface area contributed by atoms with Crippen LogP contribution in [0.2, 0.25) is 0 Å². The van der Waals surface area contributed by atoms with E-state index in [4.69, 9.17) is 0 Å². The van der Waals surface area contributed by atoms with Crippen molar-refractivity contribution in [2.45, 2.75) is 38.1 Å². The zero-order valence-corrected chi connectivity index (χ0v) is 12.1. The fourth-order valence-electron chi connectivity index (χ4n) is 3.13. The molecule has 108 valence electrons. The minimum Gasteiger partial charge on any atom is -0.383 e. The summed E-state index contributed by atoms with van der Waals surface area (Å²) >= 11 is 0. The molecule has 1 atom stereocenters. The molecule has 1 unspecified atom stereocenters.